The summed E-state index contributed by atoms with van der Waals surface area (Å²) in [5, 5.41) is 3.92. The van der Waals surface area contributed by atoms with Crippen LogP contribution in [0.25, 0.3) is 0 Å². The standard InChI is InChI=1S/C18H26N4O3/c1-5-24-17-10-14(6-7-16(17)23-4)11-22-9-8-21(3)15(12-22)18-19-13(2)20-25-18/h6-7,10,15H,5,8-9,11-12H2,1-4H3. The second kappa shape index (κ2) is 7.84. The summed E-state index contributed by atoms with van der Waals surface area (Å²) in [6.07, 6.45) is 0. The van der Waals surface area contributed by atoms with E-state index < -0.39 is 0 Å². The molecule has 2 aromatic rings. The van der Waals surface area contributed by atoms with Gasteiger partial charge in [-0.25, -0.2) is 0 Å². The normalized spacial score (nSPS) is 19.1. The molecule has 1 atom stereocenters. The summed E-state index contributed by atoms with van der Waals surface area (Å²) >= 11 is 0. The number of nitrogens with zero attached hydrogens (tertiary/aromatic N) is 4. The Labute approximate surface area is 148 Å². The van der Waals surface area contributed by atoms with Gasteiger partial charge in [-0.2, -0.15) is 4.98 Å². The van der Waals surface area contributed by atoms with Gasteiger partial charge in [0.15, 0.2) is 17.3 Å². The highest BCUT2D eigenvalue weighted by Gasteiger charge is 2.29. The summed E-state index contributed by atoms with van der Waals surface area (Å²) in [7, 11) is 3.76. The molecule has 0 N–H and O–H groups in total. The molecule has 25 heavy (non-hydrogen) atoms. The maximum atomic E-state index is 5.68. The molecule has 1 aromatic carbocycles. The van der Waals surface area contributed by atoms with Crippen molar-refractivity contribution < 1.29 is 14.0 Å². The average Bonchev–Trinajstić information content (AvgIpc) is 3.03. The molecule has 3 rings (SSSR count). The molecule has 0 radical (unpaired) electrons. The lowest BCUT2D eigenvalue weighted by Gasteiger charge is -2.37. The van der Waals surface area contributed by atoms with E-state index in [0.717, 1.165) is 37.7 Å². The first-order valence-corrected chi connectivity index (χ1v) is 8.63. The molecule has 1 aliphatic rings. The number of likely N-dealkylation sites (N-methyl/N-ethyl adjacent to an activating group) is 1. The van der Waals surface area contributed by atoms with Crippen molar-refractivity contribution in [3.8, 4) is 11.5 Å². The Morgan fingerprint density at radius 2 is 2.12 bits per heavy atom. The fourth-order valence-corrected chi connectivity index (χ4v) is 3.13. The number of hydrogen-bond donors (Lipinski definition) is 0. The van der Waals surface area contributed by atoms with Crippen LogP contribution < -0.4 is 9.47 Å². The number of aromatic nitrogens is 2. The third-order valence-electron chi connectivity index (χ3n) is 4.49. The smallest absolute Gasteiger partial charge is 0.245 e. The quantitative estimate of drug-likeness (QED) is 0.795. The summed E-state index contributed by atoms with van der Waals surface area (Å²) in [4.78, 5) is 9.08. The summed E-state index contributed by atoms with van der Waals surface area (Å²) in [5.74, 6) is 2.93. The molecule has 2 heterocycles. The van der Waals surface area contributed by atoms with Gasteiger partial charge in [-0.3, -0.25) is 9.80 Å². The number of ether oxygens (including phenoxy) is 2. The average molecular weight is 346 g/mol. The van der Waals surface area contributed by atoms with Crippen LogP contribution in [-0.2, 0) is 6.54 Å². The highest BCUT2D eigenvalue weighted by Crippen LogP contribution is 2.29. The molecular weight excluding hydrogens is 320 g/mol. The fraction of sp³-hybridized carbons (Fsp3) is 0.556. The first-order valence-electron chi connectivity index (χ1n) is 8.63. The number of hydrogen-bond acceptors (Lipinski definition) is 7. The maximum Gasteiger partial charge on any atom is 0.245 e. The molecular formula is C18H26N4O3. The number of methoxy groups -OCH3 is 1. The molecule has 7 nitrogen and oxygen atoms in total. The largest absolute Gasteiger partial charge is 0.493 e. The van der Waals surface area contributed by atoms with Crippen molar-refractivity contribution in [2.45, 2.75) is 26.4 Å². The van der Waals surface area contributed by atoms with E-state index in [2.05, 4.69) is 39.1 Å². The van der Waals surface area contributed by atoms with Gasteiger partial charge in [-0.05, 0) is 38.6 Å². The highest BCUT2D eigenvalue weighted by molar-refractivity contribution is 5.43. The first-order chi connectivity index (χ1) is 12.1. The molecule has 1 saturated heterocycles. The lowest BCUT2D eigenvalue weighted by atomic mass is 10.1. The molecule has 1 aliphatic heterocycles. The Hall–Kier alpha value is -2.12. The zero-order valence-electron chi connectivity index (χ0n) is 15.4. The van der Waals surface area contributed by atoms with Crippen LogP contribution in [0, 0.1) is 6.92 Å². The van der Waals surface area contributed by atoms with E-state index in [9.17, 15) is 0 Å². The monoisotopic (exact) mass is 346 g/mol. The number of benzene rings is 1. The lowest BCUT2D eigenvalue weighted by molar-refractivity contribution is 0.0714. The molecule has 1 aromatic heterocycles. The minimum absolute atomic E-state index is 0.125. The molecule has 0 amide bonds. The molecule has 0 spiro atoms. The van der Waals surface area contributed by atoms with Gasteiger partial charge in [0.25, 0.3) is 0 Å². The van der Waals surface area contributed by atoms with E-state index in [0.29, 0.717) is 18.3 Å². The van der Waals surface area contributed by atoms with E-state index in [1.807, 2.05) is 19.9 Å². The SMILES string of the molecule is CCOc1cc(CN2CCN(C)C(c3nc(C)no3)C2)ccc1OC. The van der Waals surface area contributed by atoms with Crippen molar-refractivity contribution in [1.82, 2.24) is 19.9 Å². The van der Waals surface area contributed by atoms with Crippen LogP contribution in [0.5, 0.6) is 11.5 Å². The van der Waals surface area contributed by atoms with E-state index in [1.54, 1.807) is 7.11 Å². The lowest BCUT2D eigenvalue weighted by Crippen LogP contribution is -2.46. The van der Waals surface area contributed by atoms with Gasteiger partial charge < -0.3 is 14.0 Å². The molecule has 7 heteroatoms. The number of aryl methyl sites for hydroxylation is 1. The van der Waals surface area contributed by atoms with Crippen molar-refractivity contribution in [3.63, 3.8) is 0 Å². The van der Waals surface area contributed by atoms with Crippen molar-refractivity contribution in [3.05, 3.63) is 35.5 Å². The minimum atomic E-state index is 0.125. The molecule has 1 unspecified atom stereocenters. The van der Waals surface area contributed by atoms with Gasteiger partial charge in [0.1, 0.15) is 6.04 Å². The van der Waals surface area contributed by atoms with Crippen molar-refractivity contribution >= 4 is 0 Å². The predicted octanol–water partition coefficient (Wildman–Crippen LogP) is 2.27. The van der Waals surface area contributed by atoms with Gasteiger partial charge in [0.05, 0.1) is 13.7 Å². The van der Waals surface area contributed by atoms with Crippen LogP contribution in [0.3, 0.4) is 0 Å². The second-order valence-electron chi connectivity index (χ2n) is 6.33. The Morgan fingerprint density at radius 1 is 1.28 bits per heavy atom. The van der Waals surface area contributed by atoms with Crippen LogP contribution >= 0.6 is 0 Å². The van der Waals surface area contributed by atoms with Crippen LogP contribution in [0.4, 0.5) is 0 Å². The summed E-state index contributed by atoms with van der Waals surface area (Å²) in [6.45, 7) is 8.10. The molecule has 0 aliphatic carbocycles. The van der Waals surface area contributed by atoms with Crippen LogP contribution in [0.2, 0.25) is 0 Å². The van der Waals surface area contributed by atoms with E-state index in [1.165, 1.54) is 5.56 Å². The Balaban J connectivity index is 1.71. The predicted molar refractivity (Wildman–Crippen MR) is 93.8 cm³/mol. The van der Waals surface area contributed by atoms with E-state index in [4.69, 9.17) is 14.0 Å². The molecule has 0 bridgehead atoms. The fourth-order valence-electron chi connectivity index (χ4n) is 3.13. The van der Waals surface area contributed by atoms with Crippen LogP contribution in [-0.4, -0.2) is 60.3 Å². The van der Waals surface area contributed by atoms with E-state index >= 15 is 0 Å². The highest BCUT2D eigenvalue weighted by atomic mass is 16.5. The minimum Gasteiger partial charge on any atom is -0.493 e. The van der Waals surface area contributed by atoms with Crippen molar-refractivity contribution in [1.29, 1.82) is 0 Å². The second-order valence-corrected chi connectivity index (χ2v) is 6.33. The van der Waals surface area contributed by atoms with Crippen LogP contribution in [0.1, 0.15) is 30.2 Å². The molecule has 136 valence electrons. The Kier molecular flexibility index (Phi) is 5.55. The third kappa shape index (κ3) is 4.11. The van der Waals surface area contributed by atoms with Gasteiger partial charge in [0, 0.05) is 26.2 Å². The molecule has 0 saturated carbocycles. The van der Waals surface area contributed by atoms with Gasteiger partial charge in [0.2, 0.25) is 5.89 Å². The third-order valence-corrected chi connectivity index (χ3v) is 4.49. The zero-order chi connectivity index (χ0) is 17.8. The van der Waals surface area contributed by atoms with Crippen molar-refractivity contribution in [2.24, 2.45) is 0 Å². The topological polar surface area (TPSA) is 63.9 Å². The van der Waals surface area contributed by atoms with Gasteiger partial charge >= 0.3 is 0 Å². The number of piperazine rings is 1. The first kappa shape index (κ1) is 17.7. The maximum absolute atomic E-state index is 5.68. The summed E-state index contributed by atoms with van der Waals surface area (Å²) in [6, 6.07) is 6.24. The summed E-state index contributed by atoms with van der Waals surface area (Å²) < 4.78 is 16.4. The Bertz CT molecular complexity index is 703. The molecule has 1 fully saturated rings. The zero-order valence-corrected chi connectivity index (χ0v) is 15.4. The number of rotatable bonds is 6. The van der Waals surface area contributed by atoms with Gasteiger partial charge in [-0.15, -0.1) is 0 Å². The van der Waals surface area contributed by atoms with E-state index in [-0.39, 0.29) is 6.04 Å². The Morgan fingerprint density at radius 3 is 2.80 bits per heavy atom. The van der Waals surface area contributed by atoms with Crippen molar-refractivity contribution in [2.75, 3.05) is 40.4 Å². The van der Waals surface area contributed by atoms with Crippen LogP contribution in [0.15, 0.2) is 22.7 Å². The summed E-state index contributed by atoms with van der Waals surface area (Å²) in [5.41, 5.74) is 1.20. The van der Waals surface area contributed by atoms with Gasteiger partial charge in [-0.1, -0.05) is 11.2 Å².